The molecule has 0 heterocycles. The Morgan fingerprint density at radius 3 is 0.250 bits per heavy atom. The van der Waals surface area contributed by atoms with E-state index in [1.807, 2.05) is 0 Å². The van der Waals surface area contributed by atoms with Crippen LogP contribution in [0.4, 0.5) is 0 Å². The summed E-state index contributed by atoms with van der Waals surface area (Å²) in [4.78, 5) is 72.0. The molecule has 0 aromatic carbocycles. The Morgan fingerprint density at radius 2 is 0.250 bits per heavy atom. The summed E-state index contributed by atoms with van der Waals surface area (Å²) in [6.45, 7) is 8.67. The quantitative estimate of drug-likeness (QED) is 0.203. The first-order valence-electron chi connectivity index (χ1n) is 7.42. The van der Waals surface area contributed by atoms with E-state index in [4.69, 9.17) is 79.2 Å². The highest BCUT2D eigenvalue weighted by atomic mass is 16.4. The van der Waals surface area contributed by atoms with E-state index in [9.17, 15) is 0 Å². The molecule has 0 rings (SSSR count). The summed E-state index contributed by atoms with van der Waals surface area (Å²) in [5, 5.41) is 59.3. The second-order valence-electron chi connectivity index (χ2n) is 4.15. The largest absolute Gasteiger partial charge is 0.481 e. The lowest BCUT2D eigenvalue weighted by Crippen LogP contribution is -1.78. The van der Waals surface area contributed by atoms with Crippen LogP contribution >= 0.6 is 0 Å². The van der Waals surface area contributed by atoms with Crippen molar-refractivity contribution < 1.29 is 79.2 Å². The lowest BCUT2D eigenvalue weighted by molar-refractivity contribution is -0.135. The fourth-order valence-electron chi connectivity index (χ4n) is 0. The molecule has 0 aromatic rings. The zero-order valence-electron chi connectivity index (χ0n) is 21.7. The van der Waals surface area contributed by atoms with Gasteiger partial charge in [0.25, 0.3) is 47.8 Å². The van der Waals surface area contributed by atoms with E-state index >= 15 is 0 Å². The average Bonchev–Trinajstić information content (AvgIpc) is 2.30. The summed E-state index contributed by atoms with van der Waals surface area (Å²) in [6.07, 6.45) is 0. The van der Waals surface area contributed by atoms with Gasteiger partial charge in [-0.2, -0.15) is 0 Å². The standard InChI is InChI=1S/8C2H4O2.4H3N/c8*1-2(3)4;;;;/h8*1H3,(H,3,4);4*1H3. The molecular formula is C16H44N4O16. The van der Waals surface area contributed by atoms with Gasteiger partial charge in [0.15, 0.2) is 0 Å². The van der Waals surface area contributed by atoms with Crippen molar-refractivity contribution in [3.05, 3.63) is 0 Å². The van der Waals surface area contributed by atoms with Crippen molar-refractivity contribution in [1.82, 2.24) is 24.6 Å². The van der Waals surface area contributed by atoms with Crippen molar-refractivity contribution >= 4 is 47.8 Å². The number of hydrogen-bond donors (Lipinski definition) is 12. The molecule has 0 aliphatic heterocycles. The van der Waals surface area contributed by atoms with Crippen LogP contribution in [0.25, 0.3) is 0 Å². The number of rotatable bonds is 0. The van der Waals surface area contributed by atoms with Crippen molar-refractivity contribution in [2.45, 2.75) is 55.4 Å². The van der Waals surface area contributed by atoms with Crippen molar-refractivity contribution in [3.63, 3.8) is 0 Å². The molecule has 0 atom stereocenters. The summed E-state index contributed by atoms with van der Waals surface area (Å²) in [6, 6.07) is 0. The fraction of sp³-hybridized carbons (Fsp3) is 0.500. The van der Waals surface area contributed by atoms with Crippen LogP contribution in [-0.4, -0.2) is 88.6 Å². The van der Waals surface area contributed by atoms with Crippen molar-refractivity contribution in [2.75, 3.05) is 0 Å². The zero-order chi connectivity index (χ0) is 28.6. The second kappa shape index (κ2) is 69.8. The Morgan fingerprint density at radius 1 is 0.250 bits per heavy atom. The maximum atomic E-state index is 9.00. The Labute approximate surface area is 207 Å². The highest BCUT2D eigenvalue weighted by molar-refractivity contribution is 5.64. The smallest absolute Gasteiger partial charge is 0.300 e. The second-order valence-corrected chi connectivity index (χ2v) is 4.15. The molecule has 0 unspecified atom stereocenters. The van der Waals surface area contributed by atoms with E-state index in [-0.39, 0.29) is 24.6 Å². The van der Waals surface area contributed by atoms with E-state index in [0.717, 1.165) is 55.4 Å². The van der Waals surface area contributed by atoms with E-state index in [0.29, 0.717) is 0 Å². The zero-order valence-corrected chi connectivity index (χ0v) is 21.7. The van der Waals surface area contributed by atoms with Gasteiger partial charge in [-0.05, 0) is 0 Å². The first-order chi connectivity index (χ1) is 13.9. The molecule has 0 spiro atoms. The van der Waals surface area contributed by atoms with E-state index in [1.54, 1.807) is 0 Å². The average molecular weight is 549 g/mol. The molecule has 0 fully saturated rings. The molecule has 20 heteroatoms. The lowest BCUT2D eigenvalue weighted by Gasteiger charge is -1.59. The molecule has 0 bridgehead atoms. The molecule has 20 N–H and O–H groups in total. The first-order valence-corrected chi connectivity index (χ1v) is 7.42. The first kappa shape index (κ1) is 77.0. The van der Waals surface area contributed by atoms with E-state index < -0.39 is 47.8 Å². The van der Waals surface area contributed by atoms with Crippen LogP contribution in [0.15, 0.2) is 0 Å². The van der Waals surface area contributed by atoms with Gasteiger partial charge in [0.05, 0.1) is 0 Å². The fourth-order valence-corrected chi connectivity index (χ4v) is 0. The molecule has 0 aromatic heterocycles. The molecule has 36 heavy (non-hydrogen) atoms. The molecule has 0 aliphatic rings. The summed E-state index contributed by atoms with van der Waals surface area (Å²) >= 11 is 0. The minimum absolute atomic E-state index is 0. The Bertz CT molecular complexity index is 378. The lowest BCUT2D eigenvalue weighted by atomic mass is 10.9. The van der Waals surface area contributed by atoms with Crippen molar-refractivity contribution in [3.8, 4) is 0 Å². The van der Waals surface area contributed by atoms with Gasteiger partial charge in [-0.25, -0.2) is 0 Å². The third-order valence-electron chi connectivity index (χ3n) is 0. The predicted octanol–water partition coefficient (Wildman–Crippen LogP) is 1.38. The topological polar surface area (TPSA) is 438 Å². The summed E-state index contributed by atoms with van der Waals surface area (Å²) in [5.74, 6) is -6.67. The van der Waals surface area contributed by atoms with Crippen molar-refractivity contribution in [1.29, 1.82) is 0 Å². The minimum Gasteiger partial charge on any atom is -0.481 e. The van der Waals surface area contributed by atoms with Gasteiger partial charge in [0.2, 0.25) is 0 Å². The number of hydrogen-bond acceptors (Lipinski definition) is 12. The summed E-state index contributed by atoms with van der Waals surface area (Å²) in [7, 11) is 0. The predicted molar refractivity (Wildman–Crippen MR) is 127 cm³/mol. The van der Waals surface area contributed by atoms with Gasteiger partial charge < -0.3 is 65.5 Å². The molecule has 20 nitrogen and oxygen atoms in total. The molecule has 0 saturated carbocycles. The van der Waals surface area contributed by atoms with Crippen LogP contribution < -0.4 is 24.6 Å². The van der Waals surface area contributed by atoms with Gasteiger partial charge >= 0.3 is 0 Å². The molecule has 0 amide bonds. The minimum atomic E-state index is -0.833. The molecule has 0 radical (unpaired) electrons. The number of carboxylic acid groups (broad SMARTS) is 8. The summed E-state index contributed by atoms with van der Waals surface area (Å²) in [5.41, 5.74) is 0. The number of aliphatic carboxylic acids is 8. The third kappa shape index (κ3) is 1250. The van der Waals surface area contributed by atoms with Crippen LogP contribution in [0.1, 0.15) is 55.4 Å². The number of carboxylic acids is 8. The van der Waals surface area contributed by atoms with Crippen molar-refractivity contribution in [2.24, 2.45) is 0 Å². The van der Waals surface area contributed by atoms with Crippen LogP contribution in [0, 0.1) is 0 Å². The molecule has 0 aliphatic carbocycles. The Balaban J connectivity index is -0.0000000180. The van der Waals surface area contributed by atoms with E-state index in [2.05, 4.69) is 0 Å². The van der Waals surface area contributed by atoms with Gasteiger partial charge in [-0.1, -0.05) is 0 Å². The Kier molecular flexibility index (Phi) is 149. The maximum absolute atomic E-state index is 9.00. The highest BCUT2D eigenvalue weighted by Gasteiger charge is 1.68. The van der Waals surface area contributed by atoms with Gasteiger partial charge in [0, 0.05) is 55.4 Å². The van der Waals surface area contributed by atoms with Crippen LogP contribution in [0.5, 0.6) is 0 Å². The molecular weight excluding hydrogens is 504 g/mol. The van der Waals surface area contributed by atoms with Crippen LogP contribution in [0.3, 0.4) is 0 Å². The van der Waals surface area contributed by atoms with Crippen LogP contribution in [0.2, 0.25) is 0 Å². The Hall–Kier alpha value is -4.40. The van der Waals surface area contributed by atoms with Gasteiger partial charge in [-0.15, -0.1) is 0 Å². The monoisotopic (exact) mass is 548 g/mol. The number of carbonyl (C=O) groups is 8. The third-order valence-corrected chi connectivity index (χ3v) is 0. The van der Waals surface area contributed by atoms with Gasteiger partial charge in [0.1, 0.15) is 0 Å². The highest BCUT2D eigenvalue weighted by Crippen LogP contribution is 1.44. The summed E-state index contributed by atoms with van der Waals surface area (Å²) < 4.78 is 0. The van der Waals surface area contributed by atoms with Gasteiger partial charge in [-0.3, -0.25) is 38.4 Å². The molecule has 0 saturated heterocycles. The SMILES string of the molecule is CC(=O)O.CC(=O)O.CC(=O)O.CC(=O)O.CC(=O)O.CC(=O)O.CC(=O)O.CC(=O)O.N.N.N.N. The normalized spacial score (nSPS) is 5.56. The maximum Gasteiger partial charge on any atom is 0.300 e. The van der Waals surface area contributed by atoms with E-state index in [1.165, 1.54) is 0 Å². The van der Waals surface area contributed by atoms with Crippen LogP contribution in [-0.2, 0) is 38.4 Å². The molecule has 224 valence electrons.